The van der Waals surface area contributed by atoms with E-state index in [9.17, 15) is 14.9 Å². The Morgan fingerprint density at radius 1 is 1.30 bits per heavy atom. The van der Waals surface area contributed by atoms with Gasteiger partial charge in [-0.3, -0.25) is 9.59 Å². The summed E-state index contributed by atoms with van der Waals surface area (Å²) in [4.78, 5) is 26.8. The van der Waals surface area contributed by atoms with Crippen molar-refractivity contribution < 1.29 is 9.59 Å². The maximum Gasteiger partial charge on any atom is 0.234 e. The number of benzene rings is 1. The fourth-order valence-corrected chi connectivity index (χ4v) is 6.21. The highest BCUT2D eigenvalue weighted by Gasteiger charge is 2.42. The van der Waals surface area contributed by atoms with Gasteiger partial charge in [-0.15, -0.1) is 11.3 Å². The minimum absolute atomic E-state index is 0.0940. The molecule has 0 bridgehead atoms. The van der Waals surface area contributed by atoms with Crippen LogP contribution < -0.4 is 10.6 Å². The minimum atomic E-state index is -0.375. The van der Waals surface area contributed by atoms with E-state index in [1.807, 2.05) is 49.6 Å². The maximum absolute atomic E-state index is 13.1. The molecule has 0 unspecified atom stereocenters. The van der Waals surface area contributed by atoms with Gasteiger partial charge in [-0.2, -0.15) is 5.26 Å². The Bertz CT molecular complexity index is 1220. The summed E-state index contributed by atoms with van der Waals surface area (Å²) in [6.07, 6.45) is 1.20. The highest BCUT2D eigenvalue weighted by molar-refractivity contribution is 8.03. The number of thiophene rings is 1. The second-order valence-corrected chi connectivity index (χ2v) is 11.4. The van der Waals surface area contributed by atoms with Crippen LogP contribution in [-0.4, -0.2) is 17.4 Å². The SMILES string of the molecule is Cc1ccc(NC(=O)CSC2=C(C#N)[C@H](c3cccs3)C3=C(CC(C)(C)CC3=O)N2)c(C)c1. The Kier molecular flexibility index (Phi) is 6.51. The monoisotopic (exact) mass is 477 g/mol. The molecule has 0 spiro atoms. The lowest BCUT2D eigenvalue weighted by Crippen LogP contribution is -2.36. The van der Waals surface area contributed by atoms with Crippen molar-refractivity contribution in [3.05, 3.63) is 73.6 Å². The molecular weight excluding hydrogens is 450 g/mol. The van der Waals surface area contributed by atoms with Gasteiger partial charge in [-0.25, -0.2) is 0 Å². The van der Waals surface area contributed by atoms with Crippen LogP contribution >= 0.6 is 23.1 Å². The number of nitrogens with zero attached hydrogens (tertiary/aromatic N) is 1. The van der Waals surface area contributed by atoms with Gasteiger partial charge in [0.15, 0.2) is 5.78 Å². The largest absolute Gasteiger partial charge is 0.352 e. The number of thioether (sulfide) groups is 1. The standard InChI is InChI=1S/C26H27N3O2S2/c1-15-7-8-18(16(2)10-15)28-22(31)14-33-25-17(13-27)23(21-6-5-9-32-21)24-19(29-25)11-26(3,4)12-20(24)30/h5-10,23,29H,11-12,14H2,1-4H3,(H,28,31)/t23-/m1/s1. The van der Waals surface area contributed by atoms with Crippen molar-refractivity contribution >= 4 is 40.5 Å². The molecule has 1 atom stereocenters. The van der Waals surface area contributed by atoms with Crippen molar-refractivity contribution in [3.8, 4) is 6.07 Å². The molecule has 0 saturated carbocycles. The number of carbonyl (C=O) groups excluding carboxylic acids is 2. The average Bonchev–Trinajstić information content (AvgIpc) is 3.27. The van der Waals surface area contributed by atoms with Gasteiger partial charge in [-0.05, 0) is 48.8 Å². The van der Waals surface area contributed by atoms with E-state index in [1.165, 1.54) is 11.8 Å². The minimum Gasteiger partial charge on any atom is -0.352 e. The maximum atomic E-state index is 13.1. The molecule has 0 radical (unpaired) electrons. The van der Waals surface area contributed by atoms with Gasteiger partial charge in [0.25, 0.3) is 0 Å². The molecular formula is C26H27N3O2S2. The number of hydrogen-bond acceptors (Lipinski definition) is 6. The Hall–Kier alpha value is -2.82. The number of nitriles is 1. The number of anilines is 1. The van der Waals surface area contributed by atoms with Gasteiger partial charge >= 0.3 is 0 Å². The third kappa shape index (κ3) is 4.92. The van der Waals surface area contributed by atoms with Crippen LogP contribution in [0, 0.1) is 30.6 Å². The van der Waals surface area contributed by atoms with E-state index in [0.717, 1.165) is 33.8 Å². The molecule has 170 valence electrons. The van der Waals surface area contributed by atoms with Crippen molar-refractivity contribution in [1.82, 2.24) is 5.32 Å². The van der Waals surface area contributed by atoms with E-state index >= 15 is 0 Å². The molecule has 1 amide bonds. The Morgan fingerprint density at radius 3 is 2.76 bits per heavy atom. The summed E-state index contributed by atoms with van der Waals surface area (Å²) in [5, 5.41) is 19.1. The van der Waals surface area contributed by atoms with E-state index in [-0.39, 0.29) is 28.8 Å². The summed E-state index contributed by atoms with van der Waals surface area (Å²) in [5.74, 6) is -0.250. The van der Waals surface area contributed by atoms with E-state index in [0.29, 0.717) is 22.6 Å². The predicted molar refractivity (Wildman–Crippen MR) is 135 cm³/mol. The van der Waals surface area contributed by atoms with Gasteiger partial charge < -0.3 is 10.6 Å². The molecule has 2 aliphatic rings. The van der Waals surface area contributed by atoms with Gasteiger partial charge in [0.2, 0.25) is 5.91 Å². The lowest BCUT2D eigenvalue weighted by atomic mass is 9.70. The van der Waals surface area contributed by atoms with Crippen molar-refractivity contribution in [3.63, 3.8) is 0 Å². The summed E-state index contributed by atoms with van der Waals surface area (Å²) in [6.45, 7) is 8.16. The zero-order valence-corrected chi connectivity index (χ0v) is 20.9. The molecule has 0 fully saturated rings. The number of aryl methyl sites for hydroxylation is 2. The molecule has 4 rings (SSSR count). The molecule has 7 heteroatoms. The molecule has 1 aliphatic heterocycles. The van der Waals surface area contributed by atoms with Crippen LogP contribution in [0.2, 0.25) is 0 Å². The first kappa shape index (κ1) is 23.3. The first-order valence-corrected chi connectivity index (χ1v) is 12.8. The number of dihydropyridines is 1. The van der Waals surface area contributed by atoms with Crippen LogP contribution in [-0.2, 0) is 9.59 Å². The summed E-state index contributed by atoms with van der Waals surface area (Å²) >= 11 is 2.87. The normalized spacial score (nSPS) is 19.6. The third-order valence-electron chi connectivity index (χ3n) is 5.96. The number of Topliss-reactive ketones (excluding diaryl/α,β-unsaturated/α-hetero) is 1. The van der Waals surface area contributed by atoms with E-state index in [2.05, 4.69) is 30.6 Å². The van der Waals surface area contributed by atoms with Crippen molar-refractivity contribution in [2.24, 2.45) is 5.41 Å². The van der Waals surface area contributed by atoms with Crippen LogP contribution in [0.1, 0.15) is 48.6 Å². The molecule has 2 aromatic rings. The van der Waals surface area contributed by atoms with Gasteiger partial charge in [0.1, 0.15) is 0 Å². The fourth-order valence-electron chi connectivity index (χ4n) is 4.51. The van der Waals surface area contributed by atoms with Crippen LogP contribution in [0.15, 0.2) is 57.6 Å². The predicted octanol–water partition coefficient (Wildman–Crippen LogP) is 5.80. The van der Waals surface area contributed by atoms with Gasteiger partial charge in [0, 0.05) is 28.3 Å². The lowest BCUT2D eigenvalue weighted by molar-refractivity contribution is -0.118. The van der Waals surface area contributed by atoms with Crippen molar-refractivity contribution in [2.45, 2.75) is 46.5 Å². The highest BCUT2D eigenvalue weighted by Crippen LogP contribution is 2.48. The van der Waals surface area contributed by atoms with Crippen LogP contribution in [0.5, 0.6) is 0 Å². The van der Waals surface area contributed by atoms with Gasteiger partial charge in [0.05, 0.1) is 28.3 Å². The third-order valence-corrected chi connectivity index (χ3v) is 7.91. The van der Waals surface area contributed by atoms with E-state index in [4.69, 9.17) is 0 Å². The Balaban J connectivity index is 1.60. The highest BCUT2D eigenvalue weighted by atomic mass is 32.2. The number of allylic oxidation sites excluding steroid dienone is 3. The van der Waals surface area contributed by atoms with Crippen molar-refractivity contribution in [2.75, 3.05) is 11.1 Å². The Morgan fingerprint density at radius 2 is 2.09 bits per heavy atom. The molecule has 1 aromatic carbocycles. The van der Waals surface area contributed by atoms with E-state index in [1.54, 1.807) is 11.3 Å². The lowest BCUT2D eigenvalue weighted by Gasteiger charge is -2.38. The quantitative estimate of drug-likeness (QED) is 0.569. The molecule has 33 heavy (non-hydrogen) atoms. The molecule has 2 heterocycles. The first-order chi connectivity index (χ1) is 15.7. The fraction of sp³-hybridized carbons (Fsp3) is 0.346. The molecule has 2 N–H and O–H groups in total. The second kappa shape index (κ2) is 9.20. The first-order valence-electron chi connectivity index (χ1n) is 10.9. The second-order valence-electron chi connectivity index (χ2n) is 9.42. The number of carbonyl (C=O) groups is 2. The number of rotatable bonds is 5. The molecule has 1 aromatic heterocycles. The summed E-state index contributed by atoms with van der Waals surface area (Å²) < 4.78 is 0. The van der Waals surface area contributed by atoms with Crippen LogP contribution in [0.4, 0.5) is 5.69 Å². The average molecular weight is 478 g/mol. The number of nitrogens with one attached hydrogen (secondary N) is 2. The Labute approximate surface area is 203 Å². The van der Waals surface area contributed by atoms with Crippen LogP contribution in [0.3, 0.4) is 0 Å². The number of amides is 1. The number of ketones is 1. The zero-order valence-electron chi connectivity index (χ0n) is 19.2. The topological polar surface area (TPSA) is 82.0 Å². The molecule has 5 nitrogen and oxygen atoms in total. The summed E-state index contributed by atoms with van der Waals surface area (Å²) in [7, 11) is 0. The molecule has 1 aliphatic carbocycles. The van der Waals surface area contributed by atoms with Crippen LogP contribution in [0.25, 0.3) is 0 Å². The number of hydrogen-bond donors (Lipinski definition) is 2. The van der Waals surface area contributed by atoms with Crippen molar-refractivity contribution in [1.29, 1.82) is 5.26 Å². The summed E-state index contributed by atoms with van der Waals surface area (Å²) in [5.41, 5.74) is 4.89. The smallest absolute Gasteiger partial charge is 0.234 e. The van der Waals surface area contributed by atoms with E-state index < -0.39 is 0 Å². The zero-order chi connectivity index (χ0) is 23.8. The molecule has 0 saturated heterocycles. The van der Waals surface area contributed by atoms with Gasteiger partial charge in [-0.1, -0.05) is 49.4 Å². The summed E-state index contributed by atoms with van der Waals surface area (Å²) in [6, 6.07) is 12.2.